The van der Waals surface area contributed by atoms with Crippen LogP contribution >= 0.6 is 0 Å². The van der Waals surface area contributed by atoms with E-state index in [1.165, 1.54) is 0 Å². The lowest BCUT2D eigenvalue weighted by molar-refractivity contribution is -0.137. The van der Waals surface area contributed by atoms with Crippen molar-refractivity contribution < 1.29 is 13.9 Å². The van der Waals surface area contributed by atoms with Gasteiger partial charge in [-0.2, -0.15) is 0 Å². The Hall–Kier alpha value is -3.93. The SMILES string of the molecule is Cc1c(Cc2ccccc2)c(=O)oc2c(C)c(OCC(=O)N3CCCC[C@@H]3c3cccnc3)ccc12. The molecule has 0 N–H and O–H groups in total. The highest BCUT2D eigenvalue weighted by molar-refractivity contribution is 5.86. The van der Waals surface area contributed by atoms with Crippen molar-refractivity contribution in [1.82, 2.24) is 9.88 Å². The molecule has 1 saturated heterocycles. The van der Waals surface area contributed by atoms with E-state index in [1.54, 1.807) is 6.20 Å². The first-order valence-electron chi connectivity index (χ1n) is 12.4. The van der Waals surface area contributed by atoms with Crippen molar-refractivity contribution in [2.75, 3.05) is 13.2 Å². The number of nitrogens with zero attached hydrogens (tertiary/aromatic N) is 2. The monoisotopic (exact) mass is 482 g/mol. The number of fused-ring (bicyclic) bond motifs is 1. The van der Waals surface area contributed by atoms with Crippen LogP contribution < -0.4 is 10.4 Å². The van der Waals surface area contributed by atoms with Gasteiger partial charge in [0.1, 0.15) is 11.3 Å². The maximum atomic E-state index is 13.2. The molecule has 1 aliphatic rings. The summed E-state index contributed by atoms with van der Waals surface area (Å²) in [5, 5.41) is 0.879. The number of carbonyl (C=O) groups excluding carboxylic acids is 1. The lowest BCUT2D eigenvalue weighted by Crippen LogP contribution is -2.41. The van der Waals surface area contributed by atoms with Crippen LogP contribution in [0.1, 0.15) is 53.1 Å². The maximum absolute atomic E-state index is 13.2. The van der Waals surface area contributed by atoms with Crippen LogP contribution in [0.5, 0.6) is 5.75 Å². The first-order valence-corrected chi connectivity index (χ1v) is 12.4. The zero-order valence-electron chi connectivity index (χ0n) is 20.7. The zero-order valence-corrected chi connectivity index (χ0v) is 20.7. The number of amides is 1. The number of likely N-dealkylation sites (tertiary alicyclic amines) is 1. The molecule has 1 aliphatic heterocycles. The summed E-state index contributed by atoms with van der Waals surface area (Å²) < 4.78 is 11.8. The molecule has 36 heavy (non-hydrogen) atoms. The summed E-state index contributed by atoms with van der Waals surface area (Å²) in [6, 6.07) is 17.6. The Balaban J connectivity index is 1.36. The number of aryl methyl sites for hydroxylation is 2. The normalized spacial score (nSPS) is 15.7. The second-order valence-corrected chi connectivity index (χ2v) is 9.39. The standard InChI is InChI=1S/C30H30N2O4/c1-20-24-13-14-27(21(2)29(24)36-30(34)25(20)17-22-9-4-3-5-10-22)35-19-28(33)32-16-7-6-12-26(32)23-11-8-15-31-18-23/h3-5,8-11,13-15,18,26H,6-7,12,16-17,19H2,1-2H3/t26-/m1/s1. The van der Waals surface area contributed by atoms with Gasteiger partial charge >= 0.3 is 5.63 Å². The van der Waals surface area contributed by atoms with Gasteiger partial charge in [-0.25, -0.2) is 4.79 Å². The van der Waals surface area contributed by atoms with E-state index in [9.17, 15) is 9.59 Å². The summed E-state index contributed by atoms with van der Waals surface area (Å²) in [7, 11) is 0. The second-order valence-electron chi connectivity index (χ2n) is 9.39. The lowest BCUT2D eigenvalue weighted by atomic mass is 9.96. The summed E-state index contributed by atoms with van der Waals surface area (Å²) in [5.41, 5.74) is 4.56. The number of carbonyl (C=O) groups is 1. The number of hydrogen-bond acceptors (Lipinski definition) is 5. The van der Waals surface area contributed by atoms with Crippen molar-refractivity contribution in [3.8, 4) is 5.75 Å². The molecule has 6 nitrogen and oxygen atoms in total. The number of hydrogen-bond donors (Lipinski definition) is 0. The molecule has 0 aliphatic carbocycles. The molecule has 0 unspecified atom stereocenters. The van der Waals surface area contributed by atoms with Gasteiger partial charge in [-0.3, -0.25) is 9.78 Å². The molecule has 184 valence electrons. The van der Waals surface area contributed by atoms with Gasteiger partial charge in [0, 0.05) is 41.9 Å². The fourth-order valence-electron chi connectivity index (χ4n) is 5.10. The highest BCUT2D eigenvalue weighted by Crippen LogP contribution is 2.32. The summed E-state index contributed by atoms with van der Waals surface area (Å²) in [5.74, 6) is 0.489. The van der Waals surface area contributed by atoms with Crippen LogP contribution in [0.2, 0.25) is 0 Å². The Bertz CT molecular complexity index is 1430. The number of benzene rings is 2. The number of rotatable bonds is 6. The molecule has 1 atom stereocenters. The fraction of sp³-hybridized carbons (Fsp3) is 0.300. The van der Waals surface area contributed by atoms with Crippen molar-refractivity contribution in [3.63, 3.8) is 0 Å². The van der Waals surface area contributed by atoms with Gasteiger partial charge in [0.25, 0.3) is 5.91 Å². The van der Waals surface area contributed by atoms with Crippen molar-refractivity contribution >= 4 is 16.9 Å². The molecule has 6 heteroatoms. The van der Waals surface area contributed by atoms with Gasteiger partial charge in [0.2, 0.25) is 0 Å². The van der Waals surface area contributed by atoms with Crippen molar-refractivity contribution in [3.05, 3.63) is 105 Å². The molecule has 2 aromatic carbocycles. The number of pyridine rings is 1. The highest BCUT2D eigenvalue weighted by atomic mass is 16.5. The van der Waals surface area contributed by atoms with Crippen LogP contribution in [-0.2, 0) is 11.2 Å². The van der Waals surface area contributed by atoms with Crippen molar-refractivity contribution in [1.29, 1.82) is 0 Å². The van der Waals surface area contributed by atoms with Crippen LogP contribution in [0.3, 0.4) is 0 Å². The van der Waals surface area contributed by atoms with Crippen LogP contribution in [0, 0.1) is 13.8 Å². The van der Waals surface area contributed by atoms with E-state index in [0.717, 1.165) is 41.3 Å². The number of ether oxygens (including phenoxy) is 1. The molecule has 3 heterocycles. The van der Waals surface area contributed by atoms with Gasteiger partial charge in [-0.15, -0.1) is 0 Å². The van der Waals surface area contributed by atoms with Crippen molar-refractivity contribution in [2.24, 2.45) is 0 Å². The average molecular weight is 483 g/mol. The molecule has 0 radical (unpaired) electrons. The van der Waals surface area contributed by atoms with E-state index in [2.05, 4.69) is 4.98 Å². The Kier molecular flexibility index (Phi) is 6.85. The van der Waals surface area contributed by atoms with E-state index in [1.807, 2.05) is 79.5 Å². The minimum absolute atomic E-state index is 0.0185. The first-order chi connectivity index (χ1) is 17.5. The molecule has 4 aromatic rings. The third-order valence-corrected chi connectivity index (χ3v) is 7.12. The smallest absolute Gasteiger partial charge is 0.340 e. The first kappa shape index (κ1) is 23.8. The third-order valence-electron chi connectivity index (χ3n) is 7.12. The molecule has 1 amide bonds. The fourth-order valence-corrected chi connectivity index (χ4v) is 5.10. The van der Waals surface area contributed by atoms with E-state index < -0.39 is 0 Å². The minimum atomic E-state index is -0.340. The lowest BCUT2D eigenvalue weighted by Gasteiger charge is -2.35. The Labute approximate surface area is 210 Å². The Morgan fingerprint density at radius 2 is 1.89 bits per heavy atom. The molecule has 5 rings (SSSR count). The van der Waals surface area contributed by atoms with E-state index >= 15 is 0 Å². The molecular weight excluding hydrogens is 452 g/mol. The van der Waals surface area contributed by atoms with E-state index in [4.69, 9.17) is 9.15 Å². The van der Waals surface area contributed by atoms with Gasteiger partial charge in [0.15, 0.2) is 6.61 Å². The predicted octanol–water partition coefficient (Wildman–Crippen LogP) is 5.53. The average Bonchev–Trinajstić information content (AvgIpc) is 2.92. The summed E-state index contributed by atoms with van der Waals surface area (Å²) in [4.78, 5) is 32.2. The van der Waals surface area contributed by atoms with E-state index in [-0.39, 0.29) is 24.2 Å². The van der Waals surface area contributed by atoms with Crippen molar-refractivity contribution in [2.45, 2.75) is 45.6 Å². The van der Waals surface area contributed by atoms with Crippen LogP contribution in [0.25, 0.3) is 11.0 Å². The highest BCUT2D eigenvalue weighted by Gasteiger charge is 2.28. The van der Waals surface area contributed by atoms with Crippen LogP contribution in [0.4, 0.5) is 0 Å². The third kappa shape index (κ3) is 4.76. The number of aromatic nitrogens is 1. The van der Waals surface area contributed by atoms with Gasteiger partial charge < -0.3 is 14.1 Å². The van der Waals surface area contributed by atoms with Gasteiger partial charge in [-0.05, 0) is 68.0 Å². The summed E-state index contributed by atoms with van der Waals surface area (Å²) >= 11 is 0. The summed E-state index contributed by atoms with van der Waals surface area (Å²) in [6.45, 7) is 4.45. The quantitative estimate of drug-likeness (QED) is 0.338. The van der Waals surface area contributed by atoms with Gasteiger partial charge in [-0.1, -0.05) is 36.4 Å². The second kappa shape index (κ2) is 10.4. The van der Waals surface area contributed by atoms with Crippen LogP contribution in [0.15, 0.2) is 76.2 Å². The molecule has 0 saturated carbocycles. The summed E-state index contributed by atoms with van der Waals surface area (Å²) in [6.07, 6.45) is 7.08. The molecule has 1 fully saturated rings. The molecule has 0 spiro atoms. The number of piperidine rings is 1. The predicted molar refractivity (Wildman–Crippen MR) is 139 cm³/mol. The largest absolute Gasteiger partial charge is 0.483 e. The minimum Gasteiger partial charge on any atom is -0.483 e. The molecular formula is C30H30N2O4. The zero-order chi connectivity index (χ0) is 25.1. The maximum Gasteiger partial charge on any atom is 0.340 e. The van der Waals surface area contributed by atoms with Gasteiger partial charge in [0.05, 0.1) is 6.04 Å². The topological polar surface area (TPSA) is 72.6 Å². The van der Waals surface area contributed by atoms with Crippen LogP contribution in [-0.4, -0.2) is 28.9 Å². The molecule has 0 bridgehead atoms. The Morgan fingerprint density at radius 3 is 2.67 bits per heavy atom. The Morgan fingerprint density at radius 1 is 1.06 bits per heavy atom. The van der Waals surface area contributed by atoms with E-state index in [0.29, 0.717) is 35.4 Å². The molecule has 2 aromatic heterocycles.